The third-order valence-corrected chi connectivity index (χ3v) is 2.89. The van der Waals surface area contributed by atoms with Gasteiger partial charge in [0.05, 0.1) is 0 Å². The lowest BCUT2D eigenvalue weighted by Crippen LogP contribution is -1.94. The molecule has 0 saturated carbocycles. The summed E-state index contributed by atoms with van der Waals surface area (Å²) in [6, 6.07) is 0. The molecular formula is C14H25FO3. The number of allylic oxidation sites excluding steroid dienone is 1. The van der Waals surface area contributed by atoms with Gasteiger partial charge in [0.2, 0.25) is 5.83 Å². The molecule has 0 rings (SSSR count). The van der Waals surface area contributed by atoms with Crippen molar-refractivity contribution in [3.63, 3.8) is 0 Å². The summed E-state index contributed by atoms with van der Waals surface area (Å²) in [6.07, 6.45) is 11.5. The summed E-state index contributed by atoms with van der Waals surface area (Å²) < 4.78 is 12.5. The van der Waals surface area contributed by atoms with E-state index in [-0.39, 0.29) is 0 Å². The van der Waals surface area contributed by atoms with Crippen molar-refractivity contribution < 1.29 is 19.4 Å². The summed E-state index contributed by atoms with van der Waals surface area (Å²) in [4.78, 5) is 10.2. The number of aliphatic hydroxyl groups excluding tert-OH is 1. The van der Waals surface area contributed by atoms with Crippen LogP contribution >= 0.6 is 0 Å². The van der Waals surface area contributed by atoms with Gasteiger partial charge in [-0.2, -0.15) is 4.39 Å². The average molecular weight is 260 g/mol. The molecule has 0 spiro atoms. The van der Waals surface area contributed by atoms with Crippen molar-refractivity contribution in [3.8, 4) is 0 Å². The van der Waals surface area contributed by atoms with E-state index < -0.39 is 11.8 Å². The highest BCUT2D eigenvalue weighted by molar-refractivity contribution is 5.83. The normalized spacial score (nSPS) is 11.8. The van der Waals surface area contributed by atoms with Gasteiger partial charge in [-0.3, -0.25) is 0 Å². The number of carboxylic acid groups (broad SMARTS) is 1. The molecule has 3 nitrogen and oxygen atoms in total. The number of rotatable bonds is 12. The maximum atomic E-state index is 12.5. The van der Waals surface area contributed by atoms with Crippen LogP contribution < -0.4 is 0 Å². The maximum absolute atomic E-state index is 12.5. The fourth-order valence-electron chi connectivity index (χ4n) is 1.81. The van der Waals surface area contributed by atoms with Crippen LogP contribution in [0.5, 0.6) is 0 Å². The fourth-order valence-corrected chi connectivity index (χ4v) is 1.81. The lowest BCUT2D eigenvalue weighted by atomic mass is 10.1. The Morgan fingerprint density at radius 3 is 1.78 bits per heavy atom. The van der Waals surface area contributed by atoms with E-state index in [2.05, 4.69) is 0 Å². The molecule has 0 radical (unpaired) electrons. The number of unbranched alkanes of at least 4 members (excludes halogenated alkanes) is 9. The van der Waals surface area contributed by atoms with Crippen molar-refractivity contribution in [2.45, 2.75) is 64.2 Å². The predicted octanol–water partition coefficient (Wildman–Crippen LogP) is 3.82. The molecule has 0 aliphatic heterocycles. The lowest BCUT2D eigenvalue weighted by molar-refractivity contribution is -0.134. The van der Waals surface area contributed by atoms with Crippen LogP contribution in [-0.2, 0) is 4.79 Å². The zero-order valence-electron chi connectivity index (χ0n) is 11.0. The second kappa shape index (κ2) is 12.6. The Hall–Kier alpha value is -0.900. The summed E-state index contributed by atoms with van der Waals surface area (Å²) in [7, 11) is 0. The van der Waals surface area contributed by atoms with Gasteiger partial charge >= 0.3 is 5.97 Å². The van der Waals surface area contributed by atoms with Crippen molar-refractivity contribution in [1.29, 1.82) is 0 Å². The lowest BCUT2D eigenvalue weighted by Gasteiger charge is -2.01. The first-order valence-electron chi connectivity index (χ1n) is 6.88. The topological polar surface area (TPSA) is 57.5 Å². The van der Waals surface area contributed by atoms with Crippen molar-refractivity contribution in [2.75, 3.05) is 6.61 Å². The van der Waals surface area contributed by atoms with E-state index in [1.54, 1.807) is 0 Å². The Balaban J connectivity index is 3.17. The molecule has 106 valence electrons. The Labute approximate surface area is 109 Å². The second-order valence-corrected chi connectivity index (χ2v) is 4.55. The van der Waals surface area contributed by atoms with Crippen molar-refractivity contribution >= 4 is 5.97 Å². The van der Waals surface area contributed by atoms with Crippen LogP contribution in [0.4, 0.5) is 4.39 Å². The summed E-state index contributed by atoms with van der Waals surface area (Å²) in [6.45, 7) is 0.292. The van der Waals surface area contributed by atoms with E-state index in [0.717, 1.165) is 38.2 Å². The number of halogens is 1. The molecule has 0 aromatic carbocycles. The molecule has 0 saturated heterocycles. The first-order chi connectivity index (χ1) is 8.68. The zero-order chi connectivity index (χ0) is 13.6. The van der Waals surface area contributed by atoms with Gasteiger partial charge in [0.15, 0.2) is 0 Å². The van der Waals surface area contributed by atoms with Crippen LogP contribution in [0.15, 0.2) is 11.9 Å². The Morgan fingerprint density at radius 2 is 1.33 bits per heavy atom. The first kappa shape index (κ1) is 17.1. The van der Waals surface area contributed by atoms with Gasteiger partial charge in [-0.15, -0.1) is 0 Å². The molecule has 4 heteroatoms. The number of carbonyl (C=O) groups is 1. The number of carboxylic acids is 1. The van der Waals surface area contributed by atoms with Gasteiger partial charge in [-0.25, -0.2) is 4.79 Å². The van der Waals surface area contributed by atoms with Gasteiger partial charge in [0.1, 0.15) is 0 Å². The van der Waals surface area contributed by atoms with Crippen LogP contribution in [0.25, 0.3) is 0 Å². The molecule has 0 amide bonds. The van der Waals surface area contributed by atoms with Gasteiger partial charge in [-0.05, 0) is 25.3 Å². The molecule has 0 aromatic rings. The van der Waals surface area contributed by atoms with Crippen LogP contribution in [-0.4, -0.2) is 22.8 Å². The fraction of sp³-hybridized carbons (Fsp3) is 0.786. The van der Waals surface area contributed by atoms with Crippen molar-refractivity contribution in [2.24, 2.45) is 0 Å². The van der Waals surface area contributed by atoms with Gasteiger partial charge < -0.3 is 10.2 Å². The SMILES string of the molecule is O=C(O)C(F)=CCCCCCCCCCCCO. The van der Waals surface area contributed by atoms with E-state index >= 15 is 0 Å². The summed E-state index contributed by atoms with van der Waals surface area (Å²) in [5.41, 5.74) is 0. The number of hydrogen-bond donors (Lipinski definition) is 2. The third-order valence-electron chi connectivity index (χ3n) is 2.89. The molecule has 2 N–H and O–H groups in total. The third kappa shape index (κ3) is 11.6. The van der Waals surface area contributed by atoms with E-state index in [4.69, 9.17) is 10.2 Å². The minimum Gasteiger partial charge on any atom is -0.476 e. The second-order valence-electron chi connectivity index (χ2n) is 4.55. The maximum Gasteiger partial charge on any atom is 0.364 e. The number of hydrogen-bond acceptors (Lipinski definition) is 2. The van der Waals surface area contributed by atoms with E-state index in [0.29, 0.717) is 13.0 Å². The van der Waals surface area contributed by atoms with Gasteiger partial charge in [0.25, 0.3) is 0 Å². The highest BCUT2D eigenvalue weighted by Gasteiger charge is 2.02. The molecular weight excluding hydrogens is 235 g/mol. The van der Waals surface area contributed by atoms with Crippen LogP contribution in [0.1, 0.15) is 64.2 Å². The van der Waals surface area contributed by atoms with E-state index in [1.165, 1.54) is 25.7 Å². The number of aliphatic carboxylic acids is 1. The van der Waals surface area contributed by atoms with E-state index in [1.807, 2.05) is 0 Å². The van der Waals surface area contributed by atoms with Crippen LogP contribution in [0.2, 0.25) is 0 Å². The zero-order valence-corrected chi connectivity index (χ0v) is 11.0. The van der Waals surface area contributed by atoms with Crippen molar-refractivity contribution in [1.82, 2.24) is 0 Å². The standard InChI is InChI=1S/C14H25FO3/c15-13(14(17)18)11-9-7-5-3-1-2-4-6-8-10-12-16/h11,16H,1-10,12H2,(H,17,18). The molecule has 0 unspecified atom stereocenters. The minimum absolute atomic E-state index is 0.292. The molecule has 0 aliphatic rings. The molecule has 0 fully saturated rings. The molecule has 0 heterocycles. The Kier molecular flexibility index (Phi) is 11.9. The molecule has 0 aromatic heterocycles. The van der Waals surface area contributed by atoms with Crippen LogP contribution in [0.3, 0.4) is 0 Å². The highest BCUT2D eigenvalue weighted by atomic mass is 19.1. The molecule has 0 atom stereocenters. The minimum atomic E-state index is -1.47. The Bertz CT molecular complexity index is 239. The summed E-state index contributed by atoms with van der Waals surface area (Å²) in [5.74, 6) is -2.52. The molecule has 18 heavy (non-hydrogen) atoms. The quantitative estimate of drug-likeness (QED) is 0.414. The van der Waals surface area contributed by atoms with Crippen molar-refractivity contribution in [3.05, 3.63) is 11.9 Å². The largest absolute Gasteiger partial charge is 0.476 e. The molecule has 0 aliphatic carbocycles. The smallest absolute Gasteiger partial charge is 0.364 e. The molecule has 0 bridgehead atoms. The average Bonchev–Trinajstić information content (AvgIpc) is 2.35. The Morgan fingerprint density at radius 1 is 0.889 bits per heavy atom. The highest BCUT2D eigenvalue weighted by Crippen LogP contribution is 2.11. The first-order valence-corrected chi connectivity index (χ1v) is 6.88. The van der Waals surface area contributed by atoms with Gasteiger partial charge in [-0.1, -0.05) is 44.9 Å². The summed E-state index contributed by atoms with van der Waals surface area (Å²) >= 11 is 0. The number of aliphatic hydroxyl groups is 1. The van der Waals surface area contributed by atoms with Gasteiger partial charge in [0, 0.05) is 6.61 Å². The predicted molar refractivity (Wildman–Crippen MR) is 70.1 cm³/mol. The van der Waals surface area contributed by atoms with Crippen LogP contribution in [0, 0.1) is 0 Å². The summed E-state index contributed by atoms with van der Waals surface area (Å²) in [5, 5.41) is 16.9. The van der Waals surface area contributed by atoms with E-state index in [9.17, 15) is 9.18 Å². The monoisotopic (exact) mass is 260 g/mol.